The molecule has 0 spiro atoms. The highest BCUT2D eigenvalue weighted by Crippen LogP contribution is 2.26. The summed E-state index contributed by atoms with van der Waals surface area (Å²) < 4.78 is 5.90. The zero-order chi connectivity index (χ0) is 26.5. The second-order valence-corrected chi connectivity index (χ2v) is 10.1. The maximum Gasteiger partial charge on any atom is 0.262 e. The maximum absolute atomic E-state index is 13.1. The van der Waals surface area contributed by atoms with Gasteiger partial charge in [0.1, 0.15) is 5.56 Å². The van der Waals surface area contributed by atoms with Gasteiger partial charge in [-0.15, -0.1) is 0 Å². The molecule has 37 heavy (non-hydrogen) atoms. The number of nitrogens with one attached hydrogen (secondary N) is 2. The molecule has 0 unspecified atom stereocenters. The van der Waals surface area contributed by atoms with E-state index in [1.165, 1.54) is 11.9 Å². The fraction of sp³-hybridized carbons (Fsp3) is 0.414. The molecular formula is C29H38N6O2. The molecule has 0 bridgehead atoms. The zero-order valence-electron chi connectivity index (χ0n) is 22.7. The lowest BCUT2D eigenvalue weighted by Gasteiger charge is -2.38. The molecule has 0 saturated carbocycles. The van der Waals surface area contributed by atoms with E-state index in [2.05, 4.69) is 56.4 Å². The van der Waals surface area contributed by atoms with Crippen LogP contribution in [0.5, 0.6) is 5.88 Å². The van der Waals surface area contributed by atoms with Crippen LogP contribution in [0.4, 0.5) is 23.0 Å². The third-order valence-corrected chi connectivity index (χ3v) is 6.60. The van der Waals surface area contributed by atoms with Crippen molar-refractivity contribution in [3.63, 3.8) is 0 Å². The van der Waals surface area contributed by atoms with Gasteiger partial charge in [0.05, 0.1) is 6.10 Å². The van der Waals surface area contributed by atoms with Gasteiger partial charge >= 0.3 is 0 Å². The van der Waals surface area contributed by atoms with Gasteiger partial charge in [-0.1, -0.05) is 18.2 Å². The van der Waals surface area contributed by atoms with Crippen LogP contribution in [0.25, 0.3) is 0 Å². The predicted octanol–water partition coefficient (Wildman–Crippen LogP) is 5.41. The number of carbonyl (C=O) groups excluding carboxylic acids is 1. The highest BCUT2D eigenvalue weighted by molar-refractivity contribution is 6.06. The summed E-state index contributed by atoms with van der Waals surface area (Å²) in [5.41, 5.74) is 5.13. The van der Waals surface area contributed by atoms with Crippen LogP contribution in [0.15, 0.2) is 48.7 Å². The molecule has 196 valence electrons. The molecule has 4 rings (SSSR count). The normalized spacial score (nSPS) is 14.2. The Bertz CT molecular complexity index is 1200. The van der Waals surface area contributed by atoms with E-state index in [9.17, 15) is 4.79 Å². The van der Waals surface area contributed by atoms with Crippen molar-refractivity contribution >= 4 is 28.9 Å². The largest absolute Gasteiger partial charge is 0.474 e. The van der Waals surface area contributed by atoms with Crippen molar-refractivity contribution < 1.29 is 9.53 Å². The first-order valence-corrected chi connectivity index (χ1v) is 13.0. The van der Waals surface area contributed by atoms with E-state index >= 15 is 0 Å². The van der Waals surface area contributed by atoms with Crippen molar-refractivity contribution in [2.75, 3.05) is 41.7 Å². The molecule has 1 aliphatic heterocycles. The summed E-state index contributed by atoms with van der Waals surface area (Å²) in [6.07, 6.45) is 1.36. The molecule has 1 saturated heterocycles. The maximum atomic E-state index is 13.1. The number of hydrogen-bond acceptors (Lipinski definition) is 7. The molecule has 0 atom stereocenters. The van der Waals surface area contributed by atoms with E-state index in [0.29, 0.717) is 12.0 Å². The summed E-state index contributed by atoms with van der Waals surface area (Å²) in [5, 5.41) is 6.24. The van der Waals surface area contributed by atoms with Gasteiger partial charge in [0.2, 0.25) is 11.8 Å². The third-order valence-electron chi connectivity index (χ3n) is 6.60. The van der Waals surface area contributed by atoms with Crippen molar-refractivity contribution in [3.8, 4) is 5.88 Å². The molecule has 1 aromatic heterocycles. The number of aromatic nitrogens is 2. The number of ether oxygens (including phenoxy) is 1. The van der Waals surface area contributed by atoms with Crippen LogP contribution in [0.1, 0.15) is 49.2 Å². The second-order valence-electron chi connectivity index (χ2n) is 10.1. The number of benzene rings is 2. The van der Waals surface area contributed by atoms with Gasteiger partial charge in [-0.2, -0.15) is 4.98 Å². The van der Waals surface area contributed by atoms with Crippen molar-refractivity contribution in [2.45, 2.75) is 53.7 Å². The lowest BCUT2D eigenvalue weighted by molar-refractivity contribution is 0.101. The first kappa shape index (κ1) is 26.4. The zero-order valence-corrected chi connectivity index (χ0v) is 22.7. The number of nitrogens with zero attached hydrogens (tertiary/aromatic N) is 4. The van der Waals surface area contributed by atoms with Gasteiger partial charge in [-0.3, -0.25) is 9.69 Å². The SMILES string of the molecule is Cc1cccc(C)c1NC(=O)c1cnc(Nc2ccc(N3CCN(C(C)C)CC3)cc2)nc1OC(C)C. The fourth-order valence-corrected chi connectivity index (χ4v) is 4.47. The molecule has 2 N–H and O–H groups in total. The topological polar surface area (TPSA) is 82.6 Å². The Morgan fingerprint density at radius 1 is 0.946 bits per heavy atom. The molecule has 1 amide bonds. The van der Waals surface area contributed by atoms with Gasteiger partial charge < -0.3 is 20.3 Å². The van der Waals surface area contributed by atoms with Crippen LogP contribution in [-0.2, 0) is 0 Å². The van der Waals surface area contributed by atoms with Gasteiger partial charge in [0.15, 0.2) is 0 Å². The van der Waals surface area contributed by atoms with Crippen LogP contribution in [0.2, 0.25) is 0 Å². The highest BCUT2D eigenvalue weighted by Gasteiger charge is 2.20. The average Bonchev–Trinajstić information content (AvgIpc) is 2.86. The Hall–Kier alpha value is -3.65. The number of rotatable bonds is 8. The predicted molar refractivity (Wildman–Crippen MR) is 150 cm³/mol. The van der Waals surface area contributed by atoms with Gasteiger partial charge in [-0.05, 0) is 76.9 Å². The molecule has 1 aliphatic rings. The van der Waals surface area contributed by atoms with E-state index in [-0.39, 0.29) is 23.5 Å². The van der Waals surface area contributed by atoms with Crippen LogP contribution in [0, 0.1) is 13.8 Å². The van der Waals surface area contributed by atoms with Crippen LogP contribution in [-0.4, -0.2) is 59.1 Å². The Balaban J connectivity index is 1.47. The minimum absolute atomic E-state index is 0.148. The summed E-state index contributed by atoms with van der Waals surface area (Å²) >= 11 is 0. The van der Waals surface area contributed by atoms with Crippen molar-refractivity contribution in [3.05, 3.63) is 65.4 Å². The summed E-state index contributed by atoms with van der Waals surface area (Å²) in [7, 11) is 0. The number of hydrogen-bond donors (Lipinski definition) is 2. The number of aryl methyl sites for hydroxylation is 2. The molecule has 2 aromatic carbocycles. The molecule has 0 radical (unpaired) electrons. The molecular weight excluding hydrogens is 464 g/mol. The molecule has 8 heteroatoms. The monoisotopic (exact) mass is 502 g/mol. The van der Waals surface area contributed by atoms with E-state index in [1.807, 2.05) is 58.0 Å². The lowest BCUT2D eigenvalue weighted by Crippen LogP contribution is -2.48. The van der Waals surface area contributed by atoms with Crippen molar-refractivity contribution in [2.24, 2.45) is 0 Å². The van der Waals surface area contributed by atoms with Crippen LogP contribution < -0.4 is 20.3 Å². The van der Waals surface area contributed by atoms with Gasteiger partial charge in [0, 0.05) is 55.5 Å². The van der Waals surface area contributed by atoms with Gasteiger partial charge in [0.25, 0.3) is 5.91 Å². The summed E-state index contributed by atoms with van der Waals surface area (Å²) in [6, 6.07) is 14.8. The number of piperazine rings is 1. The van der Waals surface area contributed by atoms with Crippen LogP contribution in [0.3, 0.4) is 0 Å². The van der Waals surface area contributed by atoms with E-state index < -0.39 is 0 Å². The lowest BCUT2D eigenvalue weighted by atomic mass is 10.1. The first-order chi connectivity index (χ1) is 17.7. The molecule has 0 aliphatic carbocycles. The van der Waals surface area contributed by atoms with E-state index in [4.69, 9.17) is 4.74 Å². The second kappa shape index (κ2) is 11.6. The number of amides is 1. The Kier molecular flexibility index (Phi) is 8.28. The first-order valence-electron chi connectivity index (χ1n) is 13.0. The number of para-hydroxylation sites is 1. The van der Waals surface area contributed by atoms with Crippen molar-refractivity contribution in [1.29, 1.82) is 0 Å². The van der Waals surface area contributed by atoms with E-state index in [0.717, 1.165) is 48.7 Å². The van der Waals surface area contributed by atoms with Crippen molar-refractivity contribution in [1.82, 2.24) is 14.9 Å². The van der Waals surface area contributed by atoms with E-state index in [1.54, 1.807) is 0 Å². The molecule has 1 fully saturated rings. The van der Waals surface area contributed by atoms with Gasteiger partial charge in [-0.25, -0.2) is 4.98 Å². The Morgan fingerprint density at radius 3 is 2.19 bits per heavy atom. The quantitative estimate of drug-likeness (QED) is 0.426. The third kappa shape index (κ3) is 6.57. The minimum atomic E-state index is -0.304. The fourth-order valence-electron chi connectivity index (χ4n) is 4.47. The summed E-state index contributed by atoms with van der Waals surface area (Å²) in [6.45, 7) is 16.4. The highest BCUT2D eigenvalue weighted by atomic mass is 16.5. The standard InChI is InChI=1S/C29H38N6O2/c1-19(2)34-14-16-35(17-15-34)24-12-10-23(11-13-24)31-29-30-18-25(28(33-29)37-20(3)4)27(36)32-26-21(5)8-7-9-22(26)6/h7-13,18-20H,14-17H2,1-6H3,(H,32,36)(H,30,31,33). The number of carbonyl (C=O) groups is 1. The summed E-state index contributed by atoms with van der Waals surface area (Å²) in [4.78, 5) is 27.0. The summed E-state index contributed by atoms with van der Waals surface area (Å²) in [5.74, 6) is 0.315. The number of anilines is 4. The average molecular weight is 503 g/mol. The Morgan fingerprint density at radius 2 is 1.59 bits per heavy atom. The Labute approximate surface area is 220 Å². The minimum Gasteiger partial charge on any atom is -0.474 e. The smallest absolute Gasteiger partial charge is 0.262 e. The van der Waals surface area contributed by atoms with Crippen LogP contribution >= 0.6 is 0 Å². The molecule has 2 heterocycles. The molecule has 8 nitrogen and oxygen atoms in total. The molecule has 3 aromatic rings.